The summed E-state index contributed by atoms with van der Waals surface area (Å²) in [5.74, 6) is 1.39. The number of nitrogens with zero attached hydrogens (tertiary/aromatic N) is 3. The van der Waals surface area contributed by atoms with E-state index in [1.54, 1.807) is 0 Å². The molecule has 3 N–H and O–H groups in total. The van der Waals surface area contributed by atoms with E-state index in [4.69, 9.17) is 5.73 Å². The number of hydrogen-bond donors (Lipinski definition) is 2. The summed E-state index contributed by atoms with van der Waals surface area (Å²) in [6, 6.07) is 9.38. The fraction of sp³-hybridized carbons (Fsp3) is 0.444. The van der Waals surface area contributed by atoms with Gasteiger partial charge in [0.25, 0.3) is 0 Å². The molecule has 0 bridgehead atoms. The molecule has 0 fully saturated rings. The van der Waals surface area contributed by atoms with E-state index in [0.717, 1.165) is 23.2 Å². The Morgan fingerprint density at radius 3 is 2.58 bits per heavy atom. The number of rotatable bonds is 10. The Morgan fingerprint density at radius 1 is 1.19 bits per heavy atom. The third-order valence-electron chi connectivity index (χ3n) is 3.55. The van der Waals surface area contributed by atoms with Crippen molar-refractivity contribution in [3.8, 4) is 0 Å². The van der Waals surface area contributed by atoms with Gasteiger partial charge in [-0.1, -0.05) is 43.8 Å². The molecular weight excluding hydrogens is 350 g/mol. The Hall–Kier alpha value is -2.35. The van der Waals surface area contributed by atoms with Gasteiger partial charge in [0.2, 0.25) is 11.8 Å². The van der Waals surface area contributed by atoms with Gasteiger partial charge in [-0.25, -0.2) is 0 Å². The SMILES string of the molecule is CC(C)Cn1c(CCC(N)=O)nnc1SCCC(=O)Nc1ccccc1. The first-order valence-corrected chi connectivity index (χ1v) is 9.62. The third-order valence-corrected chi connectivity index (χ3v) is 4.52. The van der Waals surface area contributed by atoms with Gasteiger partial charge in [0, 0.05) is 37.2 Å². The molecule has 0 unspecified atom stereocenters. The molecule has 2 aromatic rings. The number of hydrogen-bond acceptors (Lipinski definition) is 5. The minimum atomic E-state index is -0.351. The Labute approximate surface area is 157 Å². The molecule has 0 spiro atoms. The van der Waals surface area contributed by atoms with Gasteiger partial charge in [-0.05, 0) is 18.1 Å². The van der Waals surface area contributed by atoms with Gasteiger partial charge >= 0.3 is 0 Å². The highest BCUT2D eigenvalue weighted by atomic mass is 32.2. The van der Waals surface area contributed by atoms with Gasteiger partial charge in [-0.3, -0.25) is 9.59 Å². The second kappa shape index (κ2) is 9.96. The first kappa shape index (κ1) is 20.0. The van der Waals surface area contributed by atoms with Crippen molar-refractivity contribution in [2.75, 3.05) is 11.1 Å². The van der Waals surface area contributed by atoms with E-state index in [1.165, 1.54) is 11.8 Å². The highest BCUT2D eigenvalue weighted by molar-refractivity contribution is 7.99. The molecule has 0 atom stereocenters. The summed E-state index contributed by atoms with van der Waals surface area (Å²) >= 11 is 1.50. The first-order chi connectivity index (χ1) is 12.5. The number of aromatic nitrogens is 3. The van der Waals surface area contributed by atoms with Crippen molar-refractivity contribution in [3.05, 3.63) is 36.2 Å². The van der Waals surface area contributed by atoms with E-state index in [-0.39, 0.29) is 18.2 Å². The van der Waals surface area contributed by atoms with Crippen LogP contribution in [-0.4, -0.2) is 32.3 Å². The quantitative estimate of drug-likeness (QED) is 0.621. The van der Waals surface area contributed by atoms with Gasteiger partial charge in [-0.2, -0.15) is 0 Å². The first-order valence-electron chi connectivity index (χ1n) is 8.63. The molecule has 2 amide bonds. The molecule has 0 aliphatic carbocycles. The average molecular weight is 375 g/mol. The number of carbonyl (C=O) groups is 2. The largest absolute Gasteiger partial charge is 0.370 e. The van der Waals surface area contributed by atoms with Crippen LogP contribution in [0.1, 0.15) is 32.5 Å². The van der Waals surface area contributed by atoms with Crippen LogP contribution in [0.3, 0.4) is 0 Å². The molecule has 1 heterocycles. The van der Waals surface area contributed by atoms with Gasteiger partial charge < -0.3 is 15.6 Å². The van der Waals surface area contributed by atoms with Crippen molar-refractivity contribution in [1.29, 1.82) is 0 Å². The number of thioether (sulfide) groups is 1. The van der Waals surface area contributed by atoms with Crippen LogP contribution in [0.4, 0.5) is 5.69 Å². The van der Waals surface area contributed by atoms with E-state index in [9.17, 15) is 9.59 Å². The maximum atomic E-state index is 12.0. The number of amides is 2. The van der Waals surface area contributed by atoms with Gasteiger partial charge in [0.1, 0.15) is 5.82 Å². The number of benzene rings is 1. The second-order valence-corrected chi connectivity index (χ2v) is 7.44. The monoisotopic (exact) mass is 375 g/mol. The van der Waals surface area contributed by atoms with E-state index >= 15 is 0 Å². The van der Waals surface area contributed by atoms with Crippen LogP contribution in [0.2, 0.25) is 0 Å². The number of anilines is 1. The van der Waals surface area contributed by atoms with E-state index in [1.807, 2.05) is 34.9 Å². The number of nitrogens with one attached hydrogen (secondary N) is 1. The Balaban J connectivity index is 1.91. The third kappa shape index (κ3) is 6.51. The predicted octanol–water partition coefficient (Wildman–Crippen LogP) is 2.47. The summed E-state index contributed by atoms with van der Waals surface area (Å²) in [7, 11) is 0. The second-order valence-electron chi connectivity index (χ2n) is 6.38. The summed E-state index contributed by atoms with van der Waals surface area (Å²) in [5.41, 5.74) is 6.02. The molecule has 0 radical (unpaired) electrons. The van der Waals surface area contributed by atoms with Crippen LogP contribution in [-0.2, 0) is 22.6 Å². The summed E-state index contributed by atoms with van der Waals surface area (Å²) in [6.45, 7) is 4.98. The van der Waals surface area contributed by atoms with Crippen LogP contribution in [0.15, 0.2) is 35.5 Å². The summed E-state index contributed by atoms with van der Waals surface area (Å²) in [5, 5.41) is 12.0. The molecule has 2 rings (SSSR count). The molecule has 140 valence electrons. The van der Waals surface area contributed by atoms with Crippen LogP contribution in [0.5, 0.6) is 0 Å². The van der Waals surface area contributed by atoms with Crippen LogP contribution in [0, 0.1) is 5.92 Å². The van der Waals surface area contributed by atoms with Crippen LogP contribution >= 0.6 is 11.8 Å². The number of primary amides is 1. The Morgan fingerprint density at radius 2 is 1.92 bits per heavy atom. The number of aryl methyl sites for hydroxylation is 1. The molecule has 26 heavy (non-hydrogen) atoms. The van der Waals surface area contributed by atoms with Crippen molar-refractivity contribution >= 4 is 29.3 Å². The van der Waals surface area contributed by atoms with Gasteiger partial charge in [0.05, 0.1) is 0 Å². The number of nitrogens with two attached hydrogens (primary N) is 1. The molecular formula is C18H25N5O2S. The predicted molar refractivity (Wildman–Crippen MR) is 103 cm³/mol. The Kier molecular flexibility index (Phi) is 7.65. The zero-order valence-corrected chi connectivity index (χ0v) is 16.0. The molecule has 8 heteroatoms. The fourth-order valence-corrected chi connectivity index (χ4v) is 3.28. The lowest BCUT2D eigenvalue weighted by atomic mass is 10.2. The van der Waals surface area contributed by atoms with Crippen molar-refractivity contribution in [2.45, 2.75) is 44.8 Å². The lowest BCUT2D eigenvalue weighted by Gasteiger charge is -2.12. The van der Waals surface area contributed by atoms with Crippen molar-refractivity contribution in [3.63, 3.8) is 0 Å². The molecule has 0 saturated carbocycles. The average Bonchev–Trinajstić information content (AvgIpc) is 2.95. The smallest absolute Gasteiger partial charge is 0.225 e. The number of para-hydroxylation sites is 1. The molecule has 1 aromatic carbocycles. The van der Waals surface area contributed by atoms with Crippen molar-refractivity contribution in [2.24, 2.45) is 11.7 Å². The molecule has 1 aromatic heterocycles. The molecule has 0 aliphatic rings. The fourth-order valence-electron chi connectivity index (χ4n) is 2.37. The maximum Gasteiger partial charge on any atom is 0.225 e. The summed E-state index contributed by atoms with van der Waals surface area (Å²) < 4.78 is 2.02. The molecule has 0 saturated heterocycles. The zero-order chi connectivity index (χ0) is 18.9. The standard InChI is InChI=1S/C18H25N5O2S/c1-13(2)12-23-16(9-8-15(19)24)21-22-18(23)26-11-10-17(25)20-14-6-4-3-5-7-14/h3-7,13H,8-12H2,1-2H3,(H2,19,24)(H,20,25). The summed E-state index contributed by atoms with van der Waals surface area (Å²) in [6.07, 6.45) is 1.11. The molecule has 7 nitrogen and oxygen atoms in total. The zero-order valence-electron chi connectivity index (χ0n) is 15.1. The van der Waals surface area contributed by atoms with Crippen LogP contribution in [0.25, 0.3) is 0 Å². The lowest BCUT2D eigenvalue weighted by Crippen LogP contribution is -2.15. The minimum absolute atomic E-state index is 0.0347. The minimum Gasteiger partial charge on any atom is -0.370 e. The van der Waals surface area contributed by atoms with Gasteiger partial charge in [0.15, 0.2) is 5.16 Å². The topological polar surface area (TPSA) is 103 Å². The summed E-state index contributed by atoms with van der Waals surface area (Å²) in [4.78, 5) is 23.1. The van der Waals surface area contributed by atoms with Crippen molar-refractivity contribution in [1.82, 2.24) is 14.8 Å². The van der Waals surface area contributed by atoms with Crippen molar-refractivity contribution < 1.29 is 9.59 Å². The maximum absolute atomic E-state index is 12.0. The highest BCUT2D eigenvalue weighted by Gasteiger charge is 2.15. The Bertz CT molecular complexity index is 730. The highest BCUT2D eigenvalue weighted by Crippen LogP contribution is 2.20. The number of carbonyl (C=O) groups excluding carboxylic acids is 2. The van der Waals surface area contributed by atoms with E-state index in [2.05, 4.69) is 29.4 Å². The normalized spacial score (nSPS) is 10.9. The molecule has 0 aliphatic heterocycles. The van der Waals surface area contributed by atoms with E-state index < -0.39 is 0 Å². The van der Waals surface area contributed by atoms with Crippen LogP contribution < -0.4 is 11.1 Å². The lowest BCUT2D eigenvalue weighted by molar-refractivity contribution is -0.118. The van der Waals surface area contributed by atoms with E-state index in [0.29, 0.717) is 24.5 Å². The van der Waals surface area contributed by atoms with Gasteiger partial charge in [-0.15, -0.1) is 10.2 Å².